The highest BCUT2D eigenvalue weighted by Gasteiger charge is 2.28. The van der Waals surface area contributed by atoms with Gasteiger partial charge in [-0.3, -0.25) is 4.79 Å². The number of hydrogen-bond donors (Lipinski definition) is 0. The molecule has 1 aliphatic heterocycles. The molecule has 11 nitrogen and oxygen atoms in total. The van der Waals surface area contributed by atoms with Crippen LogP contribution < -0.4 is 4.74 Å². The van der Waals surface area contributed by atoms with Crippen LogP contribution in [-0.2, 0) is 31.2 Å². The van der Waals surface area contributed by atoms with Gasteiger partial charge in [-0.15, -0.1) is 0 Å². The quantitative estimate of drug-likeness (QED) is 0.326. The second-order valence-corrected chi connectivity index (χ2v) is 8.89. The van der Waals surface area contributed by atoms with Gasteiger partial charge in [0.1, 0.15) is 12.2 Å². The Labute approximate surface area is 184 Å². The third kappa shape index (κ3) is 4.74. The molecule has 2 heterocycles. The zero-order valence-corrected chi connectivity index (χ0v) is 18.9. The molecular formula is C20H23N3O8S. The van der Waals surface area contributed by atoms with Gasteiger partial charge < -0.3 is 19.0 Å². The van der Waals surface area contributed by atoms with Crippen molar-refractivity contribution in [3.05, 3.63) is 40.6 Å². The van der Waals surface area contributed by atoms with Crippen LogP contribution in [0.25, 0.3) is 0 Å². The second-order valence-electron chi connectivity index (χ2n) is 6.91. The summed E-state index contributed by atoms with van der Waals surface area (Å²) in [4.78, 5) is 29.8. The van der Waals surface area contributed by atoms with Crippen molar-refractivity contribution in [1.29, 1.82) is 0 Å². The SMILES string of the molecule is CCOC(=O)OCOc1c(C(=O)c2ccc(S(C)(=O)=O)c(C3=NOCC3)c2C)cnn1C. The van der Waals surface area contributed by atoms with Gasteiger partial charge in [-0.1, -0.05) is 5.16 Å². The van der Waals surface area contributed by atoms with Crippen molar-refractivity contribution in [2.45, 2.75) is 25.2 Å². The lowest BCUT2D eigenvalue weighted by molar-refractivity contribution is 0.00370. The van der Waals surface area contributed by atoms with Crippen LogP contribution in [0.3, 0.4) is 0 Å². The molecule has 172 valence electrons. The summed E-state index contributed by atoms with van der Waals surface area (Å²) in [7, 11) is -2.02. The molecule has 1 aromatic heterocycles. The highest BCUT2D eigenvalue weighted by atomic mass is 32.2. The Kier molecular flexibility index (Phi) is 6.82. The van der Waals surface area contributed by atoms with Crippen LogP contribution >= 0.6 is 0 Å². The topological polar surface area (TPSA) is 135 Å². The lowest BCUT2D eigenvalue weighted by Crippen LogP contribution is -2.16. The normalized spacial score (nSPS) is 13.3. The first-order valence-corrected chi connectivity index (χ1v) is 11.6. The first kappa shape index (κ1) is 23.3. The molecule has 0 spiro atoms. The van der Waals surface area contributed by atoms with Crippen LogP contribution in [0.5, 0.6) is 5.88 Å². The van der Waals surface area contributed by atoms with Crippen molar-refractivity contribution in [1.82, 2.24) is 9.78 Å². The Morgan fingerprint density at radius 1 is 1.22 bits per heavy atom. The number of ether oxygens (including phenoxy) is 3. The summed E-state index contributed by atoms with van der Waals surface area (Å²) in [5, 5.41) is 7.99. The monoisotopic (exact) mass is 465 g/mol. The average molecular weight is 465 g/mol. The molecule has 0 unspecified atom stereocenters. The van der Waals surface area contributed by atoms with Gasteiger partial charge in [0.25, 0.3) is 0 Å². The number of ketones is 1. The Morgan fingerprint density at radius 2 is 1.97 bits per heavy atom. The molecule has 1 aromatic carbocycles. The molecule has 12 heteroatoms. The van der Waals surface area contributed by atoms with Gasteiger partial charge in [0.2, 0.25) is 12.7 Å². The minimum absolute atomic E-state index is 0.0706. The van der Waals surface area contributed by atoms with E-state index in [0.29, 0.717) is 29.9 Å². The number of benzene rings is 1. The number of aryl methyl sites for hydroxylation is 1. The minimum atomic E-state index is -3.58. The number of carbonyl (C=O) groups excluding carboxylic acids is 2. The largest absolute Gasteiger partial charge is 0.511 e. The highest BCUT2D eigenvalue weighted by Crippen LogP contribution is 2.29. The number of oxime groups is 1. The zero-order valence-electron chi connectivity index (χ0n) is 18.1. The first-order valence-electron chi connectivity index (χ1n) is 9.67. The van der Waals surface area contributed by atoms with Crippen LogP contribution in [0.2, 0.25) is 0 Å². The maximum Gasteiger partial charge on any atom is 0.511 e. The molecule has 0 saturated carbocycles. The number of nitrogens with zero attached hydrogens (tertiary/aromatic N) is 3. The summed E-state index contributed by atoms with van der Waals surface area (Å²) in [6.45, 7) is 3.28. The third-order valence-corrected chi connectivity index (χ3v) is 5.87. The van der Waals surface area contributed by atoms with Gasteiger partial charge >= 0.3 is 6.16 Å². The van der Waals surface area contributed by atoms with Crippen molar-refractivity contribution >= 4 is 27.5 Å². The van der Waals surface area contributed by atoms with Crippen molar-refractivity contribution in [3.8, 4) is 5.88 Å². The summed E-state index contributed by atoms with van der Waals surface area (Å²) in [6.07, 6.45) is 1.94. The van der Waals surface area contributed by atoms with E-state index >= 15 is 0 Å². The molecule has 0 atom stereocenters. The van der Waals surface area contributed by atoms with Crippen molar-refractivity contribution < 1.29 is 37.1 Å². The van der Waals surface area contributed by atoms with E-state index < -0.39 is 28.6 Å². The van der Waals surface area contributed by atoms with Crippen molar-refractivity contribution in [2.75, 3.05) is 26.3 Å². The molecule has 0 aliphatic carbocycles. The van der Waals surface area contributed by atoms with Gasteiger partial charge in [-0.25, -0.2) is 17.9 Å². The third-order valence-electron chi connectivity index (χ3n) is 4.73. The summed E-state index contributed by atoms with van der Waals surface area (Å²) < 4.78 is 40.8. The maximum absolute atomic E-state index is 13.3. The molecule has 32 heavy (non-hydrogen) atoms. The maximum atomic E-state index is 13.3. The number of hydrogen-bond acceptors (Lipinski definition) is 10. The number of rotatable bonds is 8. The fourth-order valence-corrected chi connectivity index (χ4v) is 4.23. The molecule has 0 fully saturated rings. The van der Waals surface area contributed by atoms with Crippen LogP contribution in [0, 0.1) is 6.92 Å². The number of carbonyl (C=O) groups is 2. The Morgan fingerprint density at radius 3 is 2.59 bits per heavy atom. The summed E-state index contributed by atoms with van der Waals surface area (Å²) >= 11 is 0. The smallest absolute Gasteiger partial charge is 0.440 e. The Bertz CT molecular complexity index is 1180. The second kappa shape index (κ2) is 9.39. The average Bonchev–Trinajstić information content (AvgIpc) is 3.37. The van der Waals surface area contributed by atoms with E-state index in [-0.39, 0.29) is 28.5 Å². The van der Waals surface area contributed by atoms with E-state index in [4.69, 9.17) is 14.3 Å². The van der Waals surface area contributed by atoms with Gasteiger partial charge in [0.05, 0.1) is 23.4 Å². The van der Waals surface area contributed by atoms with Crippen LogP contribution in [0.4, 0.5) is 4.79 Å². The molecule has 0 saturated heterocycles. The standard InChI is InChI=1S/C20H23N3O8S/c1-5-28-20(25)30-11-29-19-14(10-21-23(19)3)18(24)13-6-7-16(32(4,26)27)17(12(13)2)15-8-9-31-22-15/h6-7,10H,5,8-9,11H2,1-4H3. The first-order chi connectivity index (χ1) is 15.1. The van der Waals surface area contributed by atoms with E-state index in [2.05, 4.69) is 15.0 Å². The summed E-state index contributed by atoms with van der Waals surface area (Å²) in [5.74, 6) is -0.364. The van der Waals surface area contributed by atoms with Crippen LogP contribution in [0.15, 0.2) is 28.4 Å². The zero-order chi connectivity index (χ0) is 23.5. The van der Waals surface area contributed by atoms with Crippen LogP contribution in [0.1, 0.15) is 40.4 Å². The predicted octanol–water partition coefficient (Wildman–Crippen LogP) is 2.00. The molecular weight excluding hydrogens is 442 g/mol. The summed E-state index contributed by atoms with van der Waals surface area (Å²) in [5.41, 5.74) is 1.63. The Balaban J connectivity index is 1.97. The minimum Gasteiger partial charge on any atom is -0.440 e. The van der Waals surface area contributed by atoms with Gasteiger partial charge in [0, 0.05) is 30.9 Å². The molecule has 2 aromatic rings. The molecule has 0 radical (unpaired) electrons. The van der Waals surface area contributed by atoms with E-state index in [1.807, 2.05) is 0 Å². The van der Waals surface area contributed by atoms with Crippen LogP contribution in [-0.4, -0.2) is 62.1 Å². The highest BCUT2D eigenvalue weighted by molar-refractivity contribution is 7.90. The van der Waals surface area contributed by atoms with E-state index in [9.17, 15) is 18.0 Å². The Hall–Kier alpha value is -3.41. The fraction of sp³-hybridized carbons (Fsp3) is 0.400. The fourth-order valence-electron chi connectivity index (χ4n) is 3.27. The lowest BCUT2D eigenvalue weighted by Gasteiger charge is -2.15. The lowest BCUT2D eigenvalue weighted by atomic mass is 9.93. The predicted molar refractivity (Wildman–Crippen MR) is 112 cm³/mol. The molecule has 0 amide bonds. The van der Waals surface area contributed by atoms with E-state index in [1.54, 1.807) is 20.9 Å². The number of aromatic nitrogens is 2. The van der Waals surface area contributed by atoms with Crippen molar-refractivity contribution in [2.24, 2.45) is 12.2 Å². The summed E-state index contributed by atoms with van der Waals surface area (Å²) in [6, 6.07) is 2.83. The molecule has 0 bridgehead atoms. The molecule has 3 rings (SSSR count). The van der Waals surface area contributed by atoms with Gasteiger partial charge in [-0.2, -0.15) is 5.10 Å². The van der Waals surface area contributed by atoms with Gasteiger partial charge in [-0.05, 0) is 31.5 Å². The van der Waals surface area contributed by atoms with Gasteiger partial charge in [0.15, 0.2) is 15.6 Å². The number of sulfone groups is 1. The van der Waals surface area contributed by atoms with Crippen molar-refractivity contribution in [3.63, 3.8) is 0 Å². The molecule has 0 N–H and O–H groups in total. The van der Waals surface area contributed by atoms with E-state index in [1.165, 1.54) is 23.0 Å². The molecule has 1 aliphatic rings. The van der Waals surface area contributed by atoms with E-state index in [0.717, 1.165) is 6.26 Å².